The first-order valence-corrected chi connectivity index (χ1v) is 15.1. The normalized spacial score (nSPS) is 20.1. The predicted octanol–water partition coefficient (Wildman–Crippen LogP) is 5.15. The molecule has 0 radical (unpaired) electrons. The maximum atomic E-state index is 14.2. The van der Waals surface area contributed by atoms with Gasteiger partial charge in [-0.2, -0.15) is 0 Å². The van der Waals surface area contributed by atoms with Gasteiger partial charge in [0.2, 0.25) is 0 Å². The zero-order valence-corrected chi connectivity index (χ0v) is 25.4. The van der Waals surface area contributed by atoms with E-state index in [0.717, 1.165) is 0 Å². The van der Waals surface area contributed by atoms with Crippen molar-refractivity contribution < 1.29 is 41.9 Å². The molecule has 0 saturated carbocycles. The second-order valence-corrected chi connectivity index (χ2v) is 11.6. The number of nitrogens with one attached hydrogen (secondary N) is 1. The van der Waals surface area contributed by atoms with Crippen LogP contribution < -0.4 is 9.05 Å². The van der Waals surface area contributed by atoms with E-state index in [4.69, 9.17) is 40.0 Å². The van der Waals surface area contributed by atoms with E-state index in [1.54, 1.807) is 54.8 Å². The van der Waals surface area contributed by atoms with E-state index in [9.17, 15) is 14.2 Å². The van der Waals surface area contributed by atoms with E-state index in [2.05, 4.69) is 15.0 Å². The highest BCUT2D eigenvalue weighted by Crippen LogP contribution is 2.51. The van der Waals surface area contributed by atoms with Crippen molar-refractivity contribution in [1.82, 2.24) is 19.5 Å². The van der Waals surface area contributed by atoms with E-state index in [1.165, 1.54) is 26.5 Å². The molecule has 1 saturated heterocycles. The number of fused-ring (bicyclic) bond motifs is 1. The first-order valence-electron chi connectivity index (χ1n) is 13.2. The number of imidazole rings is 1. The molecule has 1 aliphatic rings. The van der Waals surface area contributed by atoms with Gasteiger partial charge in [-0.15, -0.1) is 0 Å². The van der Waals surface area contributed by atoms with Crippen LogP contribution in [0.5, 0.6) is 11.5 Å². The number of nitrogens with zero attached hydrogens (tertiary/aromatic N) is 3. The molecule has 1 N–H and O–H groups in total. The lowest BCUT2D eigenvalue weighted by molar-refractivity contribution is -0.165. The van der Waals surface area contributed by atoms with Crippen molar-refractivity contribution in [2.24, 2.45) is 0 Å². The van der Waals surface area contributed by atoms with E-state index in [0.29, 0.717) is 22.3 Å². The van der Waals surface area contributed by atoms with Gasteiger partial charge in [0.25, 0.3) is 0 Å². The molecular weight excluding hydrogens is 599 g/mol. The number of aryl methyl sites for hydroxylation is 2. The molecule has 226 valence electrons. The Kier molecular flexibility index (Phi) is 8.92. The second-order valence-electron chi connectivity index (χ2n) is 9.73. The van der Waals surface area contributed by atoms with Gasteiger partial charge in [0, 0.05) is 13.8 Å². The zero-order valence-electron chi connectivity index (χ0n) is 23.7. The fraction of sp³-hybridized carbons (Fsp3) is 0.321. The fourth-order valence-corrected chi connectivity index (χ4v) is 6.14. The summed E-state index contributed by atoms with van der Waals surface area (Å²) in [6.07, 6.45) is -1.62. The lowest BCUT2D eigenvalue weighted by Crippen LogP contribution is -2.40. The number of phosphoric acid groups is 1. The SMILES string of the molecule is CC(=O)OC1C(COP(=O)(Oc2ccccc2C)Oc2ccccc2C)OC(n2cnc3c(=S)nc[nH]c32)C1OC(C)=O. The molecule has 15 heteroatoms. The number of rotatable bonds is 10. The zero-order chi connectivity index (χ0) is 30.7. The van der Waals surface area contributed by atoms with Crippen molar-refractivity contribution in [3.63, 3.8) is 0 Å². The summed E-state index contributed by atoms with van der Waals surface area (Å²) >= 11 is 5.27. The Labute approximate surface area is 251 Å². The van der Waals surface area contributed by atoms with Gasteiger partial charge < -0.3 is 28.2 Å². The van der Waals surface area contributed by atoms with Crippen LogP contribution in [0.3, 0.4) is 0 Å². The van der Waals surface area contributed by atoms with Gasteiger partial charge in [0.15, 0.2) is 23.1 Å². The molecule has 0 bridgehead atoms. The van der Waals surface area contributed by atoms with Crippen LogP contribution in [0.2, 0.25) is 0 Å². The summed E-state index contributed by atoms with van der Waals surface area (Å²) in [6.45, 7) is 5.56. The highest BCUT2D eigenvalue weighted by atomic mass is 32.1. The lowest BCUT2D eigenvalue weighted by atomic mass is 10.1. The van der Waals surface area contributed by atoms with E-state index < -0.39 is 50.9 Å². The Balaban J connectivity index is 1.48. The van der Waals surface area contributed by atoms with Gasteiger partial charge in [-0.3, -0.25) is 18.7 Å². The monoisotopic (exact) mass is 628 g/mol. The molecule has 2 aromatic carbocycles. The molecule has 2 aromatic heterocycles. The van der Waals surface area contributed by atoms with Gasteiger partial charge >= 0.3 is 19.8 Å². The Morgan fingerprint density at radius 2 is 1.53 bits per heavy atom. The smallest absolute Gasteiger partial charge is 0.456 e. The molecule has 3 heterocycles. The standard InChI is InChI=1S/C28H29N4O9PS/c1-16-9-5-7-11-20(16)40-42(35,41-21-12-8-6-10-17(21)2)36-13-22-24(37-18(3)33)25(38-19(4)34)28(39-22)32-15-31-23-26(32)29-14-30-27(23)43/h5-12,14-15,22,24-25,28H,13H2,1-4H3,(H,29,30,43). The number of aromatic nitrogens is 4. The number of ether oxygens (including phenoxy) is 3. The van der Waals surface area contributed by atoms with Gasteiger partial charge in [-0.05, 0) is 37.1 Å². The number of benzene rings is 2. The van der Waals surface area contributed by atoms with Crippen molar-refractivity contribution in [1.29, 1.82) is 0 Å². The van der Waals surface area contributed by atoms with Crippen molar-refractivity contribution >= 4 is 43.1 Å². The molecule has 1 aliphatic heterocycles. The number of hydrogen-bond donors (Lipinski definition) is 1. The molecule has 0 amide bonds. The number of phosphoric ester groups is 1. The number of carbonyl (C=O) groups is 2. The first-order chi connectivity index (χ1) is 20.5. The van der Waals surface area contributed by atoms with Crippen LogP contribution in [-0.2, 0) is 32.9 Å². The summed E-state index contributed by atoms with van der Waals surface area (Å²) in [5.41, 5.74) is 2.21. The third kappa shape index (κ3) is 6.78. The van der Waals surface area contributed by atoms with Gasteiger partial charge in [-0.1, -0.05) is 48.6 Å². The third-order valence-corrected chi connectivity index (χ3v) is 8.15. The number of aromatic amines is 1. The third-order valence-electron chi connectivity index (χ3n) is 6.55. The predicted molar refractivity (Wildman–Crippen MR) is 155 cm³/mol. The molecule has 13 nitrogen and oxygen atoms in total. The van der Waals surface area contributed by atoms with Crippen LogP contribution >= 0.6 is 20.0 Å². The van der Waals surface area contributed by atoms with E-state index in [1.807, 2.05) is 12.1 Å². The summed E-state index contributed by atoms with van der Waals surface area (Å²) in [6, 6.07) is 13.9. The van der Waals surface area contributed by atoms with Crippen LogP contribution in [0, 0.1) is 18.5 Å². The summed E-state index contributed by atoms with van der Waals surface area (Å²) in [7, 11) is -4.38. The van der Waals surface area contributed by atoms with Crippen molar-refractivity contribution in [2.45, 2.75) is 52.2 Å². The second kappa shape index (κ2) is 12.6. The highest BCUT2D eigenvalue weighted by Gasteiger charge is 2.51. The summed E-state index contributed by atoms with van der Waals surface area (Å²) < 4.78 is 51.0. The molecule has 4 unspecified atom stereocenters. The molecule has 1 fully saturated rings. The van der Waals surface area contributed by atoms with Crippen LogP contribution in [-0.4, -0.2) is 56.4 Å². The Hall–Kier alpha value is -4.10. The quantitative estimate of drug-likeness (QED) is 0.140. The molecule has 43 heavy (non-hydrogen) atoms. The Morgan fingerprint density at radius 3 is 2.12 bits per heavy atom. The van der Waals surface area contributed by atoms with Crippen molar-refractivity contribution in [3.05, 3.63) is 77.0 Å². The maximum Gasteiger partial charge on any atom is 0.587 e. The highest BCUT2D eigenvalue weighted by molar-refractivity contribution is 7.71. The average molecular weight is 629 g/mol. The molecule has 0 spiro atoms. The molecule has 0 aliphatic carbocycles. The topological polar surface area (TPSA) is 153 Å². The number of esters is 2. The lowest BCUT2D eigenvalue weighted by Gasteiger charge is -2.25. The number of carbonyl (C=O) groups excluding carboxylic acids is 2. The van der Waals surface area contributed by atoms with Gasteiger partial charge in [-0.25, -0.2) is 14.5 Å². The maximum absolute atomic E-state index is 14.2. The average Bonchev–Trinajstić information content (AvgIpc) is 3.52. The summed E-state index contributed by atoms with van der Waals surface area (Å²) in [5.74, 6) is -0.737. The van der Waals surface area contributed by atoms with E-state index >= 15 is 0 Å². The first kappa shape index (κ1) is 30.4. The van der Waals surface area contributed by atoms with Crippen molar-refractivity contribution in [3.8, 4) is 11.5 Å². The van der Waals surface area contributed by atoms with Gasteiger partial charge in [0.1, 0.15) is 28.8 Å². The number of hydrogen-bond acceptors (Lipinski definition) is 12. The minimum absolute atomic E-state index is 0.244. The number of para-hydroxylation sites is 2. The molecular formula is C28H29N4O9PS. The Bertz CT molecular complexity index is 1710. The minimum atomic E-state index is -4.38. The van der Waals surface area contributed by atoms with Crippen molar-refractivity contribution in [2.75, 3.05) is 6.61 Å². The summed E-state index contributed by atoms with van der Waals surface area (Å²) in [5, 5.41) is 0. The molecule has 5 rings (SSSR count). The Morgan fingerprint density at radius 1 is 0.953 bits per heavy atom. The van der Waals surface area contributed by atoms with Crippen LogP contribution in [0.1, 0.15) is 31.2 Å². The minimum Gasteiger partial charge on any atom is -0.456 e. The molecule has 4 aromatic rings. The molecule has 4 atom stereocenters. The largest absolute Gasteiger partial charge is 0.587 e. The van der Waals surface area contributed by atoms with Crippen LogP contribution in [0.4, 0.5) is 0 Å². The summed E-state index contributed by atoms with van der Waals surface area (Å²) in [4.78, 5) is 35.6. The van der Waals surface area contributed by atoms with E-state index in [-0.39, 0.29) is 16.1 Å². The number of H-pyrrole nitrogens is 1. The van der Waals surface area contributed by atoms with Gasteiger partial charge in [0.05, 0.1) is 19.3 Å². The van der Waals surface area contributed by atoms with Crippen LogP contribution in [0.15, 0.2) is 61.2 Å². The fourth-order valence-electron chi connectivity index (χ4n) is 4.58. The van der Waals surface area contributed by atoms with Crippen LogP contribution in [0.25, 0.3) is 11.2 Å².